The van der Waals surface area contributed by atoms with Crippen molar-refractivity contribution in [1.29, 1.82) is 0 Å². The van der Waals surface area contributed by atoms with Crippen molar-refractivity contribution in [1.82, 2.24) is 15.0 Å². The van der Waals surface area contributed by atoms with Gasteiger partial charge in [0.05, 0.1) is 0 Å². The standard InChI is InChI=1S/C17H27N3O2/c1-2-6-15-18-16(22-19-15)13-9-11-20(12-10-13)17(21)14-7-4-3-5-8-14/h13-14H,2-12H2,1H3. The number of aromatic nitrogens is 2. The van der Waals surface area contributed by atoms with Crippen LogP contribution in [0.5, 0.6) is 0 Å². The van der Waals surface area contributed by atoms with Crippen LogP contribution in [0.3, 0.4) is 0 Å². The van der Waals surface area contributed by atoms with Crippen molar-refractivity contribution < 1.29 is 9.32 Å². The molecule has 5 nitrogen and oxygen atoms in total. The van der Waals surface area contributed by atoms with Crippen LogP contribution in [0.1, 0.15) is 75.9 Å². The molecule has 2 heterocycles. The molecule has 0 aromatic carbocycles. The first-order valence-electron chi connectivity index (χ1n) is 8.89. The molecule has 1 amide bonds. The summed E-state index contributed by atoms with van der Waals surface area (Å²) in [6, 6.07) is 0. The summed E-state index contributed by atoms with van der Waals surface area (Å²) in [6.07, 6.45) is 9.72. The molecule has 0 spiro atoms. The molecule has 0 unspecified atom stereocenters. The predicted molar refractivity (Wildman–Crippen MR) is 83.4 cm³/mol. The van der Waals surface area contributed by atoms with Crippen molar-refractivity contribution >= 4 is 5.91 Å². The molecule has 1 aromatic heterocycles. The Hall–Kier alpha value is -1.39. The van der Waals surface area contributed by atoms with Crippen molar-refractivity contribution in [3.63, 3.8) is 0 Å². The van der Waals surface area contributed by atoms with Gasteiger partial charge in [0.2, 0.25) is 11.8 Å². The van der Waals surface area contributed by atoms with Gasteiger partial charge < -0.3 is 9.42 Å². The lowest BCUT2D eigenvalue weighted by Crippen LogP contribution is -2.41. The third-order valence-corrected chi connectivity index (χ3v) is 5.07. The molecule has 2 fully saturated rings. The number of rotatable bonds is 4. The summed E-state index contributed by atoms with van der Waals surface area (Å²) in [5.41, 5.74) is 0. The summed E-state index contributed by atoms with van der Waals surface area (Å²) in [5.74, 6) is 2.58. The van der Waals surface area contributed by atoms with E-state index in [1.165, 1.54) is 19.3 Å². The Bertz CT molecular complexity index is 486. The van der Waals surface area contributed by atoms with Crippen molar-refractivity contribution in [2.45, 2.75) is 70.6 Å². The van der Waals surface area contributed by atoms with E-state index in [-0.39, 0.29) is 5.92 Å². The molecule has 5 heteroatoms. The SMILES string of the molecule is CCCc1noc(C2CCN(C(=O)C3CCCCC3)CC2)n1. The Balaban J connectivity index is 1.51. The quantitative estimate of drug-likeness (QED) is 0.856. The minimum Gasteiger partial charge on any atom is -0.342 e. The molecule has 1 aliphatic heterocycles. The normalized spacial score (nSPS) is 21.2. The van der Waals surface area contributed by atoms with Crippen molar-refractivity contribution in [3.8, 4) is 0 Å². The van der Waals surface area contributed by atoms with Gasteiger partial charge in [-0.15, -0.1) is 0 Å². The zero-order valence-corrected chi connectivity index (χ0v) is 13.6. The van der Waals surface area contributed by atoms with Crippen LogP contribution < -0.4 is 0 Å². The second-order valence-electron chi connectivity index (χ2n) is 6.73. The zero-order chi connectivity index (χ0) is 15.4. The lowest BCUT2D eigenvalue weighted by molar-refractivity contribution is -0.137. The average Bonchev–Trinajstić information content (AvgIpc) is 3.04. The van der Waals surface area contributed by atoms with Crippen LogP contribution in [-0.4, -0.2) is 34.0 Å². The van der Waals surface area contributed by atoms with Crippen molar-refractivity contribution in [3.05, 3.63) is 11.7 Å². The first kappa shape index (κ1) is 15.5. The molecule has 0 N–H and O–H groups in total. The van der Waals surface area contributed by atoms with Gasteiger partial charge in [-0.1, -0.05) is 31.3 Å². The van der Waals surface area contributed by atoms with Gasteiger partial charge in [0.25, 0.3) is 0 Å². The van der Waals surface area contributed by atoms with Gasteiger partial charge in [0.1, 0.15) is 0 Å². The van der Waals surface area contributed by atoms with Gasteiger partial charge in [-0.25, -0.2) is 0 Å². The predicted octanol–water partition coefficient (Wildman–Crippen LogP) is 3.31. The monoisotopic (exact) mass is 305 g/mol. The lowest BCUT2D eigenvalue weighted by Gasteiger charge is -2.34. The first-order valence-corrected chi connectivity index (χ1v) is 8.89. The third kappa shape index (κ3) is 3.50. The largest absolute Gasteiger partial charge is 0.342 e. The van der Waals surface area contributed by atoms with E-state index in [1.807, 2.05) is 0 Å². The molecule has 2 aliphatic rings. The highest BCUT2D eigenvalue weighted by Crippen LogP contribution is 2.30. The molecule has 0 bridgehead atoms. The Morgan fingerprint density at radius 2 is 1.91 bits per heavy atom. The van der Waals surface area contributed by atoms with Crippen molar-refractivity contribution in [2.75, 3.05) is 13.1 Å². The topological polar surface area (TPSA) is 59.2 Å². The summed E-state index contributed by atoms with van der Waals surface area (Å²) >= 11 is 0. The number of likely N-dealkylation sites (tertiary alicyclic amines) is 1. The first-order chi connectivity index (χ1) is 10.8. The molecular weight excluding hydrogens is 278 g/mol. The van der Waals surface area contributed by atoms with Crippen LogP contribution >= 0.6 is 0 Å². The summed E-state index contributed by atoms with van der Waals surface area (Å²) in [7, 11) is 0. The van der Waals surface area contributed by atoms with Gasteiger partial charge in [-0.2, -0.15) is 4.98 Å². The molecule has 1 aliphatic carbocycles. The summed E-state index contributed by atoms with van der Waals surface area (Å²) in [5, 5.41) is 4.04. The van der Waals surface area contributed by atoms with E-state index in [0.717, 1.165) is 63.3 Å². The second kappa shape index (κ2) is 7.25. The fourth-order valence-corrected chi connectivity index (χ4v) is 3.71. The number of hydrogen-bond acceptors (Lipinski definition) is 4. The van der Waals surface area contributed by atoms with E-state index >= 15 is 0 Å². The number of amides is 1. The van der Waals surface area contributed by atoms with Crippen LogP contribution in [0.2, 0.25) is 0 Å². The summed E-state index contributed by atoms with van der Waals surface area (Å²) < 4.78 is 5.40. The van der Waals surface area contributed by atoms with E-state index in [4.69, 9.17) is 4.52 Å². The summed E-state index contributed by atoms with van der Waals surface area (Å²) in [4.78, 5) is 19.1. The second-order valence-corrected chi connectivity index (χ2v) is 6.73. The molecule has 0 atom stereocenters. The van der Waals surface area contributed by atoms with E-state index in [2.05, 4.69) is 22.0 Å². The van der Waals surface area contributed by atoms with Crippen LogP contribution in [0.4, 0.5) is 0 Å². The third-order valence-electron chi connectivity index (χ3n) is 5.07. The molecule has 3 rings (SSSR count). The molecule has 1 saturated heterocycles. The number of piperidine rings is 1. The van der Waals surface area contributed by atoms with Gasteiger partial charge in [0.15, 0.2) is 5.82 Å². The molecule has 1 aromatic rings. The van der Waals surface area contributed by atoms with Crippen LogP contribution in [0, 0.1) is 5.92 Å². The number of aryl methyl sites for hydroxylation is 1. The Morgan fingerprint density at radius 3 is 2.59 bits per heavy atom. The molecule has 0 radical (unpaired) electrons. The van der Waals surface area contributed by atoms with Crippen LogP contribution in [0.25, 0.3) is 0 Å². The molecule has 22 heavy (non-hydrogen) atoms. The van der Waals surface area contributed by atoms with Gasteiger partial charge in [-0.05, 0) is 32.1 Å². The smallest absolute Gasteiger partial charge is 0.229 e. The van der Waals surface area contributed by atoms with E-state index in [0.29, 0.717) is 11.8 Å². The van der Waals surface area contributed by atoms with Gasteiger partial charge in [0, 0.05) is 31.3 Å². The van der Waals surface area contributed by atoms with Crippen LogP contribution in [0.15, 0.2) is 4.52 Å². The highest BCUT2D eigenvalue weighted by atomic mass is 16.5. The van der Waals surface area contributed by atoms with E-state index < -0.39 is 0 Å². The average molecular weight is 305 g/mol. The number of hydrogen-bond donors (Lipinski definition) is 0. The Morgan fingerprint density at radius 1 is 1.18 bits per heavy atom. The van der Waals surface area contributed by atoms with E-state index in [1.54, 1.807) is 0 Å². The number of nitrogens with zero attached hydrogens (tertiary/aromatic N) is 3. The molecular formula is C17H27N3O2. The fourth-order valence-electron chi connectivity index (χ4n) is 3.71. The Kier molecular flexibility index (Phi) is 5.11. The molecule has 1 saturated carbocycles. The minimum absolute atomic E-state index is 0.282. The van der Waals surface area contributed by atoms with Crippen LogP contribution in [-0.2, 0) is 11.2 Å². The minimum atomic E-state index is 0.282. The fraction of sp³-hybridized carbons (Fsp3) is 0.824. The maximum absolute atomic E-state index is 12.6. The Labute approximate surface area is 132 Å². The van der Waals surface area contributed by atoms with E-state index in [9.17, 15) is 4.79 Å². The van der Waals surface area contributed by atoms with Gasteiger partial charge >= 0.3 is 0 Å². The summed E-state index contributed by atoms with van der Waals surface area (Å²) in [6.45, 7) is 3.79. The molecule has 122 valence electrons. The van der Waals surface area contributed by atoms with Gasteiger partial charge in [-0.3, -0.25) is 4.79 Å². The maximum Gasteiger partial charge on any atom is 0.229 e. The maximum atomic E-state index is 12.6. The number of carbonyl (C=O) groups excluding carboxylic acids is 1. The van der Waals surface area contributed by atoms with Crippen molar-refractivity contribution in [2.24, 2.45) is 5.92 Å². The number of carbonyl (C=O) groups is 1. The lowest BCUT2D eigenvalue weighted by atomic mass is 9.87. The zero-order valence-electron chi connectivity index (χ0n) is 13.6. The highest BCUT2D eigenvalue weighted by Gasteiger charge is 2.31. The highest BCUT2D eigenvalue weighted by molar-refractivity contribution is 5.79.